The van der Waals surface area contributed by atoms with Crippen LogP contribution >= 0.6 is 11.6 Å². The SMILES string of the molecule is Nc1c(C(=O)NCc2ccc(Cl)cc2)c2nc3ccccc3nc2n1-c1ccc2c(c1)OCO2. The van der Waals surface area contributed by atoms with Crippen LogP contribution in [0.1, 0.15) is 15.9 Å². The van der Waals surface area contributed by atoms with Gasteiger partial charge in [-0.15, -0.1) is 0 Å². The Balaban J connectivity index is 1.49. The number of aromatic nitrogens is 3. The summed E-state index contributed by atoms with van der Waals surface area (Å²) in [4.78, 5) is 22.9. The van der Waals surface area contributed by atoms with Crippen molar-refractivity contribution in [1.29, 1.82) is 0 Å². The molecule has 3 aromatic carbocycles. The second-order valence-electron chi connectivity index (χ2n) is 7.83. The lowest BCUT2D eigenvalue weighted by Gasteiger charge is -2.09. The van der Waals surface area contributed by atoms with E-state index in [2.05, 4.69) is 5.32 Å². The predicted octanol–water partition coefficient (Wildman–Crippen LogP) is 4.47. The Morgan fingerprint density at radius 2 is 1.74 bits per heavy atom. The molecular formula is C25H18ClN5O3. The summed E-state index contributed by atoms with van der Waals surface area (Å²) in [6.07, 6.45) is 0. The lowest BCUT2D eigenvalue weighted by atomic mass is 10.2. The Bertz CT molecular complexity index is 1580. The number of hydrogen-bond donors (Lipinski definition) is 2. The molecule has 34 heavy (non-hydrogen) atoms. The van der Waals surface area contributed by atoms with Gasteiger partial charge >= 0.3 is 0 Å². The van der Waals surface area contributed by atoms with Crippen molar-refractivity contribution >= 4 is 45.5 Å². The molecule has 9 heteroatoms. The van der Waals surface area contributed by atoms with Gasteiger partial charge in [-0.1, -0.05) is 35.9 Å². The van der Waals surface area contributed by atoms with Crippen molar-refractivity contribution in [3.05, 3.63) is 82.9 Å². The minimum atomic E-state index is -0.346. The first-order chi connectivity index (χ1) is 16.6. The fourth-order valence-corrected chi connectivity index (χ4v) is 4.17. The third-order valence-electron chi connectivity index (χ3n) is 5.71. The van der Waals surface area contributed by atoms with Crippen molar-refractivity contribution < 1.29 is 14.3 Å². The number of hydrogen-bond acceptors (Lipinski definition) is 6. The number of fused-ring (bicyclic) bond motifs is 3. The zero-order chi connectivity index (χ0) is 23.2. The molecule has 0 bridgehead atoms. The van der Waals surface area contributed by atoms with E-state index < -0.39 is 0 Å². The highest BCUT2D eigenvalue weighted by Crippen LogP contribution is 2.37. The van der Waals surface area contributed by atoms with E-state index in [1.54, 1.807) is 22.8 Å². The van der Waals surface area contributed by atoms with Gasteiger partial charge in [0.15, 0.2) is 17.1 Å². The quantitative estimate of drug-likeness (QED) is 0.401. The van der Waals surface area contributed by atoms with Crippen LogP contribution in [0, 0.1) is 0 Å². The van der Waals surface area contributed by atoms with E-state index in [-0.39, 0.29) is 24.1 Å². The Morgan fingerprint density at radius 3 is 2.53 bits per heavy atom. The van der Waals surface area contributed by atoms with Gasteiger partial charge in [0.1, 0.15) is 16.9 Å². The van der Waals surface area contributed by atoms with E-state index in [0.29, 0.717) is 51.0 Å². The van der Waals surface area contributed by atoms with E-state index in [1.807, 2.05) is 48.5 Å². The topological polar surface area (TPSA) is 104 Å². The summed E-state index contributed by atoms with van der Waals surface area (Å²) < 4.78 is 12.7. The average Bonchev–Trinajstić information content (AvgIpc) is 3.43. The standard InChI is InChI=1S/C25H18ClN5O3/c26-15-7-5-14(6-8-15)12-28-25(32)21-22-24(30-18-4-2-1-3-17(18)29-22)31(23(21)27)16-9-10-19-20(11-16)34-13-33-19/h1-11H,12-13,27H2,(H,28,32). The molecule has 0 saturated heterocycles. The van der Waals surface area contributed by atoms with Crippen molar-refractivity contribution in [3.8, 4) is 17.2 Å². The molecule has 6 rings (SSSR count). The van der Waals surface area contributed by atoms with Crippen molar-refractivity contribution in [1.82, 2.24) is 19.9 Å². The number of carbonyl (C=O) groups is 1. The first-order valence-electron chi connectivity index (χ1n) is 10.6. The lowest BCUT2D eigenvalue weighted by Crippen LogP contribution is -2.24. The largest absolute Gasteiger partial charge is 0.454 e. The summed E-state index contributed by atoms with van der Waals surface area (Å²) in [5, 5.41) is 3.57. The van der Waals surface area contributed by atoms with Crippen molar-refractivity contribution in [2.45, 2.75) is 6.54 Å². The maximum atomic E-state index is 13.3. The molecule has 5 aromatic rings. The van der Waals surface area contributed by atoms with Crippen molar-refractivity contribution in [2.24, 2.45) is 0 Å². The molecule has 0 unspecified atom stereocenters. The minimum Gasteiger partial charge on any atom is -0.454 e. The first kappa shape index (κ1) is 20.3. The number of benzene rings is 3. The molecule has 0 radical (unpaired) electrons. The van der Waals surface area contributed by atoms with Crippen molar-refractivity contribution in [2.75, 3.05) is 12.5 Å². The van der Waals surface area contributed by atoms with Crippen LogP contribution < -0.4 is 20.5 Å². The predicted molar refractivity (Wildman–Crippen MR) is 130 cm³/mol. The number of nitrogen functional groups attached to an aromatic ring is 1. The highest BCUT2D eigenvalue weighted by molar-refractivity contribution is 6.30. The van der Waals surface area contributed by atoms with Gasteiger partial charge in [0.2, 0.25) is 6.79 Å². The molecule has 2 aromatic heterocycles. The third-order valence-corrected chi connectivity index (χ3v) is 5.96. The highest BCUT2D eigenvalue weighted by atomic mass is 35.5. The third kappa shape index (κ3) is 3.36. The molecule has 0 aliphatic carbocycles. The molecule has 3 heterocycles. The molecular weight excluding hydrogens is 454 g/mol. The van der Waals surface area contributed by atoms with Crippen LogP contribution in [-0.2, 0) is 6.54 Å². The van der Waals surface area contributed by atoms with Gasteiger partial charge in [0.25, 0.3) is 5.91 Å². The summed E-state index contributed by atoms with van der Waals surface area (Å²) in [6, 6.07) is 20.2. The Labute approximate surface area is 198 Å². The maximum Gasteiger partial charge on any atom is 0.257 e. The molecule has 168 valence electrons. The number of para-hydroxylation sites is 2. The summed E-state index contributed by atoms with van der Waals surface area (Å²) >= 11 is 5.96. The van der Waals surface area contributed by atoms with Gasteiger partial charge in [-0.05, 0) is 42.0 Å². The highest BCUT2D eigenvalue weighted by Gasteiger charge is 2.26. The number of anilines is 1. The van der Waals surface area contributed by atoms with Crippen LogP contribution in [0.4, 0.5) is 5.82 Å². The van der Waals surface area contributed by atoms with E-state index in [4.69, 9.17) is 36.8 Å². The minimum absolute atomic E-state index is 0.156. The normalized spacial score (nSPS) is 12.4. The number of nitrogens with one attached hydrogen (secondary N) is 1. The van der Waals surface area contributed by atoms with Gasteiger partial charge in [-0.2, -0.15) is 0 Å². The van der Waals surface area contributed by atoms with Crippen LogP contribution in [0.15, 0.2) is 66.7 Å². The molecule has 0 fully saturated rings. The maximum absolute atomic E-state index is 13.3. The molecule has 1 amide bonds. The first-order valence-corrected chi connectivity index (χ1v) is 11.0. The summed E-state index contributed by atoms with van der Waals surface area (Å²) in [7, 11) is 0. The molecule has 1 aliphatic rings. The summed E-state index contributed by atoms with van der Waals surface area (Å²) in [5.41, 5.74) is 10.7. The molecule has 0 saturated carbocycles. The van der Waals surface area contributed by atoms with Gasteiger partial charge in [0.05, 0.1) is 16.7 Å². The second-order valence-corrected chi connectivity index (χ2v) is 8.26. The number of nitrogens with two attached hydrogens (primary N) is 1. The Kier molecular flexibility index (Phi) is 4.74. The van der Waals surface area contributed by atoms with Crippen LogP contribution in [0.5, 0.6) is 11.5 Å². The lowest BCUT2D eigenvalue weighted by molar-refractivity contribution is 0.0953. The summed E-state index contributed by atoms with van der Waals surface area (Å²) in [5.74, 6) is 1.14. The molecule has 8 nitrogen and oxygen atoms in total. The molecule has 1 aliphatic heterocycles. The van der Waals surface area contributed by atoms with Crippen LogP contribution in [0.2, 0.25) is 5.02 Å². The van der Waals surface area contributed by atoms with E-state index in [9.17, 15) is 4.79 Å². The number of ether oxygens (including phenoxy) is 2. The van der Waals surface area contributed by atoms with Gasteiger partial charge in [-0.25, -0.2) is 9.97 Å². The number of carbonyl (C=O) groups excluding carboxylic acids is 1. The van der Waals surface area contributed by atoms with Crippen LogP contribution in [0.3, 0.4) is 0 Å². The van der Waals surface area contributed by atoms with Crippen molar-refractivity contribution in [3.63, 3.8) is 0 Å². The summed E-state index contributed by atoms with van der Waals surface area (Å²) in [6.45, 7) is 0.469. The van der Waals surface area contributed by atoms with Gasteiger partial charge in [0, 0.05) is 17.6 Å². The Hall–Kier alpha value is -4.30. The molecule has 3 N–H and O–H groups in total. The smallest absolute Gasteiger partial charge is 0.257 e. The van der Waals surface area contributed by atoms with E-state index >= 15 is 0 Å². The van der Waals surface area contributed by atoms with Crippen LogP contribution in [-0.4, -0.2) is 27.2 Å². The van der Waals surface area contributed by atoms with E-state index in [0.717, 1.165) is 5.56 Å². The number of nitrogens with zero attached hydrogens (tertiary/aromatic N) is 3. The second kappa shape index (κ2) is 7.93. The van der Waals surface area contributed by atoms with Gasteiger partial charge in [-0.3, -0.25) is 9.36 Å². The van der Waals surface area contributed by atoms with E-state index in [1.165, 1.54) is 0 Å². The van der Waals surface area contributed by atoms with Crippen LogP contribution in [0.25, 0.3) is 27.9 Å². The fourth-order valence-electron chi connectivity index (χ4n) is 4.04. The Morgan fingerprint density at radius 1 is 1.00 bits per heavy atom. The zero-order valence-electron chi connectivity index (χ0n) is 17.8. The number of rotatable bonds is 4. The van der Waals surface area contributed by atoms with Gasteiger partial charge < -0.3 is 20.5 Å². The number of amides is 1. The fraction of sp³-hybridized carbons (Fsp3) is 0.0800. The molecule has 0 spiro atoms. The number of halogens is 1. The molecule has 0 atom stereocenters. The monoisotopic (exact) mass is 471 g/mol. The average molecular weight is 472 g/mol. The zero-order valence-corrected chi connectivity index (χ0v) is 18.5.